The molecule has 0 saturated heterocycles. The van der Waals surface area contributed by atoms with Crippen molar-refractivity contribution >= 4 is 5.69 Å². The van der Waals surface area contributed by atoms with Crippen molar-refractivity contribution in [3.63, 3.8) is 0 Å². The average molecular weight is 235 g/mol. The summed E-state index contributed by atoms with van der Waals surface area (Å²) in [5, 5.41) is 3.61. The highest BCUT2D eigenvalue weighted by Crippen LogP contribution is 2.14. The predicted molar refractivity (Wildman–Crippen MR) is 73.9 cm³/mol. The summed E-state index contributed by atoms with van der Waals surface area (Å²) in [5.74, 6) is 0. The minimum Gasteiger partial charge on any atom is -0.398 e. The van der Waals surface area contributed by atoms with Crippen molar-refractivity contribution in [3.8, 4) is 0 Å². The summed E-state index contributed by atoms with van der Waals surface area (Å²) < 4.78 is 0. The number of nitrogens with zero attached hydrogens (tertiary/aromatic N) is 1. The lowest BCUT2D eigenvalue weighted by Gasteiger charge is -2.21. The van der Waals surface area contributed by atoms with Crippen LogP contribution in [-0.2, 0) is 6.42 Å². The number of aromatic nitrogens is 1. The highest BCUT2D eigenvalue weighted by Gasteiger charge is 2.11. The molecular weight excluding hydrogens is 210 g/mol. The molecule has 0 aliphatic rings. The van der Waals surface area contributed by atoms with Crippen LogP contribution in [0, 0.1) is 0 Å². The Balaban J connectivity index is 2.61. The van der Waals surface area contributed by atoms with Crippen LogP contribution in [0.5, 0.6) is 0 Å². The summed E-state index contributed by atoms with van der Waals surface area (Å²) in [5.41, 5.74) is 7.97. The van der Waals surface area contributed by atoms with Crippen molar-refractivity contribution in [1.82, 2.24) is 10.3 Å². The minimum atomic E-state index is 0.501. The third kappa shape index (κ3) is 5.18. The molecule has 1 aromatic heterocycles. The Hall–Kier alpha value is -1.09. The van der Waals surface area contributed by atoms with E-state index in [0.29, 0.717) is 12.1 Å². The quantitative estimate of drug-likeness (QED) is 0.764. The number of rotatable bonds is 7. The van der Waals surface area contributed by atoms with Crippen LogP contribution in [0.4, 0.5) is 5.69 Å². The number of nitrogens with one attached hydrogen (secondary N) is 1. The molecule has 1 atom stereocenters. The Kier molecular flexibility index (Phi) is 5.98. The number of anilines is 1. The number of hydrogen-bond acceptors (Lipinski definition) is 3. The monoisotopic (exact) mass is 235 g/mol. The summed E-state index contributed by atoms with van der Waals surface area (Å²) in [6.07, 6.45) is 8.29. The van der Waals surface area contributed by atoms with Gasteiger partial charge < -0.3 is 11.1 Å². The van der Waals surface area contributed by atoms with Gasteiger partial charge in [-0.2, -0.15) is 0 Å². The molecule has 0 fully saturated rings. The van der Waals surface area contributed by atoms with E-state index in [1.807, 2.05) is 12.3 Å². The normalized spacial score (nSPS) is 12.9. The van der Waals surface area contributed by atoms with E-state index in [2.05, 4.69) is 31.1 Å². The van der Waals surface area contributed by atoms with Gasteiger partial charge in [0, 0.05) is 30.2 Å². The fourth-order valence-corrected chi connectivity index (χ4v) is 2.04. The van der Waals surface area contributed by atoms with Crippen molar-refractivity contribution < 1.29 is 0 Å². The molecule has 1 heterocycles. The van der Waals surface area contributed by atoms with Crippen molar-refractivity contribution in [1.29, 1.82) is 0 Å². The van der Waals surface area contributed by atoms with Crippen molar-refractivity contribution in [2.24, 2.45) is 0 Å². The molecule has 0 spiro atoms. The van der Waals surface area contributed by atoms with E-state index in [4.69, 9.17) is 5.73 Å². The SMILES string of the molecule is CCCCC(Cc1cnccc1N)NC(C)C. The Morgan fingerprint density at radius 2 is 2.18 bits per heavy atom. The first-order chi connectivity index (χ1) is 8.13. The number of pyridine rings is 1. The second kappa shape index (κ2) is 7.28. The number of hydrogen-bond donors (Lipinski definition) is 2. The van der Waals surface area contributed by atoms with E-state index >= 15 is 0 Å². The molecule has 0 aliphatic carbocycles. The zero-order chi connectivity index (χ0) is 12.7. The van der Waals surface area contributed by atoms with Crippen molar-refractivity contribution in [2.75, 3.05) is 5.73 Å². The van der Waals surface area contributed by atoms with Crippen LogP contribution in [0.2, 0.25) is 0 Å². The Bertz CT molecular complexity index is 323. The highest BCUT2D eigenvalue weighted by atomic mass is 14.9. The van der Waals surface area contributed by atoms with Crippen LogP contribution in [0.15, 0.2) is 18.5 Å². The standard InChI is InChI=1S/C14H25N3/c1-4-5-6-13(17-11(2)3)9-12-10-16-8-7-14(12)15/h7-8,10-11,13,17H,4-6,9H2,1-3H3,(H2,15,16). The van der Waals surface area contributed by atoms with Gasteiger partial charge in [0.25, 0.3) is 0 Å². The number of unbranched alkanes of at least 4 members (excludes halogenated alkanes) is 1. The van der Waals surface area contributed by atoms with Crippen LogP contribution in [0.1, 0.15) is 45.6 Å². The van der Waals surface area contributed by atoms with Crippen LogP contribution in [0.25, 0.3) is 0 Å². The number of nitrogen functional groups attached to an aromatic ring is 1. The van der Waals surface area contributed by atoms with Gasteiger partial charge in [0.15, 0.2) is 0 Å². The van der Waals surface area contributed by atoms with Gasteiger partial charge in [0.1, 0.15) is 0 Å². The molecule has 3 nitrogen and oxygen atoms in total. The summed E-state index contributed by atoms with van der Waals surface area (Å²) in [4.78, 5) is 4.15. The van der Waals surface area contributed by atoms with E-state index in [9.17, 15) is 0 Å². The molecule has 0 radical (unpaired) electrons. The lowest BCUT2D eigenvalue weighted by atomic mass is 10.0. The van der Waals surface area contributed by atoms with Crippen LogP contribution < -0.4 is 11.1 Å². The molecule has 17 heavy (non-hydrogen) atoms. The lowest BCUT2D eigenvalue weighted by molar-refractivity contribution is 0.425. The van der Waals surface area contributed by atoms with Gasteiger partial charge in [-0.05, 0) is 24.5 Å². The van der Waals surface area contributed by atoms with Crippen molar-refractivity contribution in [3.05, 3.63) is 24.0 Å². The predicted octanol–water partition coefficient (Wildman–Crippen LogP) is 2.76. The lowest BCUT2D eigenvalue weighted by Crippen LogP contribution is -2.36. The van der Waals surface area contributed by atoms with Crippen LogP contribution in [-0.4, -0.2) is 17.1 Å². The topological polar surface area (TPSA) is 50.9 Å². The van der Waals surface area contributed by atoms with E-state index in [1.165, 1.54) is 19.3 Å². The maximum absolute atomic E-state index is 5.96. The van der Waals surface area contributed by atoms with Crippen molar-refractivity contribution in [2.45, 2.75) is 58.5 Å². The Labute approximate surface area is 105 Å². The molecule has 0 bridgehead atoms. The van der Waals surface area contributed by atoms with E-state index in [-0.39, 0.29) is 0 Å². The first kappa shape index (κ1) is 14.0. The van der Waals surface area contributed by atoms with Gasteiger partial charge in [-0.1, -0.05) is 33.6 Å². The second-order valence-corrected chi connectivity index (χ2v) is 4.94. The van der Waals surface area contributed by atoms with Crippen LogP contribution in [0.3, 0.4) is 0 Å². The fraction of sp³-hybridized carbons (Fsp3) is 0.643. The molecule has 1 rings (SSSR count). The molecule has 3 N–H and O–H groups in total. The smallest absolute Gasteiger partial charge is 0.0378 e. The van der Waals surface area contributed by atoms with Gasteiger partial charge in [0.05, 0.1) is 0 Å². The summed E-state index contributed by atoms with van der Waals surface area (Å²) in [7, 11) is 0. The maximum Gasteiger partial charge on any atom is 0.0378 e. The third-order valence-electron chi connectivity index (χ3n) is 2.88. The first-order valence-corrected chi connectivity index (χ1v) is 6.57. The summed E-state index contributed by atoms with van der Waals surface area (Å²) in [6.45, 7) is 6.60. The van der Waals surface area contributed by atoms with Gasteiger partial charge in [-0.25, -0.2) is 0 Å². The summed E-state index contributed by atoms with van der Waals surface area (Å²) >= 11 is 0. The van der Waals surface area contributed by atoms with Crippen LogP contribution >= 0.6 is 0 Å². The molecule has 0 aromatic carbocycles. The molecule has 0 saturated carbocycles. The van der Waals surface area contributed by atoms with Gasteiger partial charge in [0.2, 0.25) is 0 Å². The second-order valence-electron chi connectivity index (χ2n) is 4.94. The maximum atomic E-state index is 5.96. The zero-order valence-electron chi connectivity index (χ0n) is 11.2. The molecule has 3 heteroatoms. The van der Waals surface area contributed by atoms with E-state index in [0.717, 1.165) is 17.7 Å². The first-order valence-electron chi connectivity index (χ1n) is 6.57. The van der Waals surface area contributed by atoms with Gasteiger partial charge in [-0.3, -0.25) is 4.98 Å². The molecular formula is C14H25N3. The number of nitrogens with two attached hydrogens (primary N) is 1. The largest absolute Gasteiger partial charge is 0.398 e. The molecule has 1 aromatic rings. The summed E-state index contributed by atoms with van der Waals surface area (Å²) in [6, 6.07) is 2.89. The molecule has 0 amide bonds. The Morgan fingerprint density at radius 3 is 2.76 bits per heavy atom. The Morgan fingerprint density at radius 1 is 1.41 bits per heavy atom. The average Bonchev–Trinajstić information content (AvgIpc) is 2.28. The zero-order valence-corrected chi connectivity index (χ0v) is 11.2. The minimum absolute atomic E-state index is 0.501. The van der Waals surface area contributed by atoms with E-state index < -0.39 is 0 Å². The molecule has 96 valence electrons. The van der Waals surface area contributed by atoms with Gasteiger partial charge in [-0.15, -0.1) is 0 Å². The third-order valence-corrected chi connectivity index (χ3v) is 2.88. The highest BCUT2D eigenvalue weighted by molar-refractivity contribution is 5.44. The van der Waals surface area contributed by atoms with E-state index in [1.54, 1.807) is 6.20 Å². The molecule has 0 aliphatic heterocycles. The fourth-order valence-electron chi connectivity index (χ4n) is 2.04. The molecule has 1 unspecified atom stereocenters. The van der Waals surface area contributed by atoms with Gasteiger partial charge >= 0.3 is 0 Å².